The third-order valence-electron chi connectivity index (χ3n) is 6.26. The smallest absolute Gasteiger partial charge is 0.164 e. The number of aromatic nitrogens is 1. The molecule has 1 heterocycles. The third-order valence-corrected chi connectivity index (χ3v) is 6.86. The van der Waals surface area contributed by atoms with E-state index >= 15 is 0 Å². The first-order valence-electron chi connectivity index (χ1n) is 9.61. The summed E-state index contributed by atoms with van der Waals surface area (Å²) in [7, 11) is 0. The molecule has 3 aromatic rings. The van der Waals surface area contributed by atoms with Gasteiger partial charge in [0.2, 0.25) is 0 Å². The summed E-state index contributed by atoms with van der Waals surface area (Å²) in [6.45, 7) is 2.16. The predicted molar refractivity (Wildman–Crippen MR) is 111 cm³/mol. The summed E-state index contributed by atoms with van der Waals surface area (Å²) in [5.74, 6) is 3.61. The molecule has 2 aliphatic rings. The quantitative estimate of drug-likeness (QED) is 0.454. The molecule has 2 nitrogen and oxygen atoms in total. The van der Waals surface area contributed by atoms with Crippen LogP contribution < -0.4 is 4.74 Å². The second kappa shape index (κ2) is 6.68. The van der Waals surface area contributed by atoms with Crippen molar-refractivity contribution in [2.75, 3.05) is 0 Å². The highest BCUT2D eigenvalue weighted by molar-refractivity contribution is 6.37. The van der Waals surface area contributed by atoms with Crippen molar-refractivity contribution in [3.05, 3.63) is 63.8 Å². The summed E-state index contributed by atoms with van der Waals surface area (Å²) in [5, 5.41) is 2.12. The summed E-state index contributed by atoms with van der Waals surface area (Å²) in [6.07, 6.45) is 5.50. The average Bonchev–Trinajstić information content (AvgIpc) is 3.28. The van der Waals surface area contributed by atoms with Crippen LogP contribution in [0.4, 0.5) is 0 Å². The highest BCUT2D eigenvalue weighted by atomic mass is 35.5. The summed E-state index contributed by atoms with van der Waals surface area (Å²) >= 11 is 12.5. The van der Waals surface area contributed by atoms with Gasteiger partial charge >= 0.3 is 0 Å². The van der Waals surface area contributed by atoms with Crippen molar-refractivity contribution in [3.8, 4) is 11.5 Å². The Morgan fingerprint density at radius 3 is 2.52 bits per heavy atom. The molecule has 2 aliphatic carbocycles. The van der Waals surface area contributed by atoms with Crippen LogP contribution in [0.1, 0.15) is 42.9 Å². The predicted octanol–water partition coefficient (Wildman–Crippen LogP) is 7.55. The van der Waals surface area contributed by atoms with E-state index in [0.717, 1.165) is 28.5 Å². The van der Waals surface area contributed by atoms with Crippen molar-refractivity contribution < 1.29 is 4.74 Å². The monoisotopic (exact) mass is 397 g/mol. The van der Waals surface area contributed by atoms with Gasteiger partial charge in [0.1, 0.15) is 5.75 Å². The molecule has 0 spiro atoms. The normalized spacial score (nSPS) is 23.9. The van der Waals surface area contributed by atoms with E-state index in [2.05, 4.69) is 13.0 Å². The zero-order chi connectivity index (χ0) is 18.5. The Morgan fingerprint density at radius 2 is 1.81 bits per heavy atom. The molecule has 4 heteroatoms. The molecule has 2 aromatic carbocycles. The minimum atomic E-state index is 0.490. The number of rotatable bonds is 3. The second-order valence-electron chi connectivity index (χ2n) is 7.98. The minimum absolute atomic E-state index is 0.490. The van der Waals surface area contributed by atoms with Crippen LogP contribution in [0.2, 0.25) is 10.0 Å². The highest BCUT2D eigenvalue weighted by Crippen LogP contribution is 2.52. The number of hydrogen-bond donors (Lipinski definition) is 0. The first-order valence-corrected chi connectivity index (χ1v) is 10.4. The lowest BCUT2D eigenvalue weighted by Crippen LogP contribution is -2.10. The Morgan fingerprint density at radius 1 is 1.00 bits per heavy atom. The SMILES string of the molecule is Cc1cc(C2CC3CCC2C3)nc2ccc(Oc3c(Cl)cccc3Cl)cc12. The molecule has 5 rings (SSSR count). The Labute approximate surface area is 169 Å². The maximum absolute atomic E-state index is 6.23. The number of para-hydroxylation sites is 1. The van der Waals surface area contributed by atoms with Crippen LogP contribution in [0.15, 0.2) is 42.5 Å². The first kappa shape index (κ1) is 17.3. The molecule has 27 heavy (non-hydrogen) atoms. The van der Waals surface area contributed by atoms with Gasteiger partial charge < -0.3 is 4.74 Å². The molecule has 0 aliphatic heterocycles. The molecule has 2 fully saturated rings. The molecule has 0 amide bonds. The van der Waals surface area contributed by atoms with E-state index in [0.29, 0.717) is 21.7 Å². The molecule has 3 atom stereocenters. The van der Waals surface area contributed by atoms with Crippen LogP contribution in [0.25, 0.3) is 10.9 Å². The molecule has 0 radical (unpaired) electrons. The van der Waals surface area contributed by atoms with Gasteiger partial charge in [0.05, 0.1) is 15.6 Å². The zero-order valence-corrected chi connectivity index (χ0v) is 16.7. The highest BCUT2D eigenvalue weighted by Gasteiger charge is 2.40. The molecule has 2 bridgehead atoms. The number of pyridine rings is 1. The minimum Gasteiger partial charge on any atom is -0.454 e. The molecular formula is C23H21Cl2NO. The fourth-order valence-corrected chi connectivity index (χ4v) is 5.43. The van der Waals surface area contributed by atoms with Crippen molar-refractivity contribution in [2.45, 2.75) is 38.5 Å². The van der Waals surface area contributed by atoms with Gasteiger partial charge in [-0.15, -0.1) is 0 Å². The van der Waals surface area contributed by atoms with Gasteiger partial charge in [0.25, 0.3) is 0 Å². The third kappa shape index (κ3) is 3.09. The van der Waals surface area contributed by atoms with Crippen LogP contribution in [-0.2, 0) is 0 Å². The fraction of sp³-hybridized carbons (Fsp3) is 0.348. The number of nitrogens with zero attached hydrogens (tertiary/aromatic N) is 1. The lowest BCUT2D eigenvalue weighted by Gasteiger charge is -2.22. The standard InChI is InChI=1S/C23H21Cl2NO/c1-13-9-22(18-11-14-5-6-15(18)10-14)26-21-8-7-16(12-17(13)21)27-23-19(24)3-2-4-20(23)25/h2-4,7-9,12,14-15,18H,5-6,10-11H2,1H3. The largest absolute Gasteiger partial charge is 0.454 e. The number of halogens is 2. The summed E-state index contributed by atoms with van der Waals surface area (Å²) in [5.41, 5.74) is 3.55. The van der Waals surface area contributed by atoms with Crippen LogP contribution in [0.3, 0.4) is 0 Å². The van der Waals surface area contributed by atoms with Crippen LogP contribution >= 0.6 is 23.2 Å². The van der Waals surface area contributed by atoms with Crippen molar-refractivity contribution >= 4 is 34.1 Å². The Balaban J connectivity index is 1.49. The van der Waals surface area contributed by atoms with Crippen LogP contribution in [-0.4, -0.2) is 4.98 Å². The van der Waals surface area contributed by atoms with E-state index in [4.69, 9.17) is 32.9 Å². The lowest BCUT2D eigenvalue weighted by molar-refractivity contribution is 0.414. The van der Waals surface area contributed by atoms with Crippen molar-refractivity contribution in [3.63, 3.8) is 0 Å². The summed E-state index contributed by atoms with van der Waals surface area (Å²) < 4.78 is 5.98. The molecule has 0 N–H and O–H groups in total. The average molecular weight is 398 g/mol. The van der Waals surface area contributed by atoms with Crippen molar-refractivity contribution in [1.29, 1.82) is 0 Å². The van der Waals surface area contributed by atoms with Crippen LogP contribution in [0.5, 0.6) is 11.5 Å². The van der Waals surface area contributed by atoms with E-state index in [1.54, 1.807) is 12.1 Å². The van der Waals surface area contributed by atoms with E-state index in [9.17, 15) is 0 Å². The van der Waals surface area contributed by atoms with Gasteiger partial charge in [-0.1, -0.05) is 35.7 Å². The Hall–Kier alpha value is -1.77. The second-order valence-corrected chi connectivity index (χ2v) is 8.79. The molecule has 0 saturated heterocycles. The van der Waals surface area contributed by atoms with Crippen molar-refractivity contribution in [1.82, 2.24) is 4.98 Å². The van der Waals surface area contributed by atoms with Gasteiger partial charge in [-0.05, 0) is 80.0 Å². The fourth-order valence-electron chi connectivity index (χ4n) is 4.96. The van der Waals surface area contributed by atoms with Crippen molar-refractivity contribution in [2.24, 2.45) is 11.8 Å². The number of hydrogen-bond acceptors (Lipinski definition) is 2. The van der Waals surface area contributed by atoms with E-state index < -0.39 is 0 Å². The number of fused-ring (bicyclic) bond motifs is 3. The number of aryl methyl sites for hydroxylation is 1. The van der Waals surface area contributed by atoms with E-state index in [-0.39, 0.29) is 0 Å². The molecule has 3 unspecified atom stereocenters. The first-order chi connectivity index (χ1) is 13.1. The maximum Gasteiger partial charge on any atom is 0.164 e. The summed E-state index contributed by atoms with van der Waals surface area (Å²) in [6, 6.07) is 13.7. The van der Waals surface area contributed by atoms with Crippen LogP contribution in [0, 0.1) is 18.8 Å². The molecule has 2 saturated carbocycles. The molecule has 1 aromatic heterocycles. The number of benzene rings is 2. The topological polar surface area (TPSA) is 22.1 Å². The molecule has 138 valence electrons. The summed E-state index contributed by atoms with van der Waals surface area (Å²) in [4.78, 5) is 5.01. The van der Waals surface area contributed by atoms with Gasteiger partial charge in [-0.2, -0.15) is 0 Å². The number of ether oxygens (including phenoxy) is 1. The maximum atomic E-state index is 6.23. The van der Waals surface area contributed by atoms with Gasteiger partial charge in [0, 0.05) is 17.0 Å². The van der Waals surface area contributed by atoms with Gasteiger partial charge in [-0.3, -0.25) is 4.98 Å². The van der Waals surface area contributed by atoms with Gasteiger partial charge in [0.15, 0.2) is 5.75 Å². The van der Waals surface area contributed by atoms with E-state index in [1.165, 1.54) is 36.9 Å². The lowest BCUT2D eigenvalue weighted by atomic mass is 9.85. The van der Waals surface area contributed by atoms with Gasteiger partial charge in [-0.25, -0.2) is 0 Å². The Kier molecular flexibility index (Phi) is 4.29. The Bertz CT molecular complexity index is 1010. The molecular weight excluding hydrogens is 377 g/mol. The zero-order valence-electron chi connectivity index (χ0n) is 15.2. The van der Waals surface area contributed by atoms with E-state index in [1.807, 2.05) is 24.3 Å².